The Morgan fingerprint density at radius 3 is 2.39 bits per heavy atom. The molecule has 1 aliphatic heterocycles. The van der Waals surface area contributed by atoms with Gasteiger partial charge in [-0.15, -0.1) is 24.0 Å². The summed E-state index contributed by atoms with van der Waals surface area (Å²) < 4.78 is 7.23. The van der Waals surface area contributed by atoms with E-state index in [1.165, 1.54) is 5.56 Å². The fraction of sp³-hybridized carbons (Fsp3) is 0.520. The van der Waals surface area contributed by atoms with Crippen molar-refractivity contribution in [2.45, 2.75) is 39.4 Å². The van der Waals surface area contributed by atoms with Gasteiger partial charge in [0.25, 0.3) is 5.56 Å². The van der Waals surface area contributed by atoms with Gasteiger partial charge in [0.2, 0.25) is 0 Å². The molecule has 33 heavy (non-hydrogen) atoms. The summed E-state index contributed by atoms with van der Waals surface area (Å²) in [6.07, 6.45) is 2.97. The third-order valence-corrected chi connectivity index (χ3v) is 5.77. The molecule has 7 nitrogen and oxygen atoms in total. The zero-order valence-electron chi connectivity index (χ0n) is 20.0. The maximum atomic E-state index is 11.9. The summed E-state index contributed by atoms with van der Waals surface area (Å²) in [5.41, 5.74) is 2.29. The van der Waals surface area contributed by atoms with E-state index in [0.29, 0.717) is 25.0 Å². The minimum atomic E-state index is 0. The van der Waals surface area contributed by atoms with Crippen LogP contribution in [0.4, 0.5) is 0 Å². The lowest BCUT2D eigenvalue weighted by molar-refractivity contribution is 0.0132. The smallest absolute Gasteiger partial charge is 0.250 e. The quantitative estimate of drug-likeness (QED) is 0.277. The number of nitrogens with one attached hydrogen (secondary N) is 2. The second-order valence-electron chi connectivity index (χ2n) is 8.72. The molecule has 8 heteroatoms. The van der Waals surface area contributed by atoms with E-state index in [1.807, 2.05) is 19.3 Å². The van der Waals surface area contributed by atoms with Crippen LogP contribution in [0.5, 0.6) is 0 Å². The van der Waals surface area contributed by atoms with Gasteiger partial charge in [-0.2, -0.15) is 0 Å². The van der Waals surface area contributed by atoms with Crippen LogP contribution in [-0.2, 0) is 17.8 Å². The monoisotopic (exact) mass is 567 g/mol. The molecule has 1 aromatic carbocycles. The minimum Gasteiger partial charge on any atom is -0.379 e. The van der Waals surface area contributed by atoms with Crippen molar-refractivity contribution in [3.05, 3.63) is 70.1 Å². The van der Waals surface area contributed by atoms with E-state index in [-0.39, 0.29) is 29.5 Å². The summed E-state index contributed by atoms with van der Waals surface area (Å²) in [5.74, 6) is 1.46. The van der Waals surface area contributed by atoms with Crippen LogP contribution in [0.2, 0.25) is 0 Å². The largest absolute Gasteiger partial charge is 0.379 e. The third-order valence-electron chi connectivity index (χ3n) is 5.77. The predicted octanol–water partition coefficient (Wildman–Crippen LogP) is 2.93. The number of nitrogens with zero attached hydrogens (tertiary/aromatic N) is 3. The van der Waals surface area contributed by atoms with Crippen LogP contribution in [0.25, 0.3) is 0 Å². The van der Waals surface area contributed by atoms with Gasteiger partial charge < -0.3 is 19.9 Å². The fourth-order valence-corrected chi connectivity index (χ4v) is 4.02. The Kier molecular flexibility index (Phi) is 11.9. The number of rotatable bonds is 9. The summed E-state index contributed by atoms with van der Waals surface area (Å²) in [6.45, 7) is 10.3. The van der Waals surface area contributed by atoms with Gasteiger partial charge >= 0.3 is 0 Å². The Morgan fingerprint density at radius 1 is 1.06 bits per heavy atom. The highest BCUT2D eigenvalue weighted by Gasteiger charge is 2.22. The first kappa shape index (κ1) is 27.3. The number of pyridine rings is 1. The Balaban J connectivity index is 0.00000385. The zero-order chi connectivity index (χ0) is 22.8. The Labute approximate surface area is 214 Å². The van der Waals surface area contributed by atoms with Crippen molar-refractivity contribution in [3.8, 4) is 0 Å². The number of ether oxygens (including phenoxy) is 1. The Hall–Kier alpha value is -1.91. The van der Waals surface area contributed by atoms with Crippen molar-refractivity contribution in [1.82, 2.24) is 20.1 Å². The summed E-state index contributed by atoms with van der Waals surface area (Å²) in [5, 5.41) is 6.93. The Bertz CT molecular complexity index is 908. The molecule has 2 aromatic rings. The van der Waals surface area contributed by atoms with E-state index in [9.17, 15) is 4.79 Å². The van der Waals surface area contributed by atoms with Gasteiger partial charge in [-0.25, -0.2) is 0 Å². The highest BCUT2D eigenvalue weighted by Crippen LogP contribution is 2.13. The van der Waals surface area contributed by atoms with Gasteiger partial charge in [-0.3, -0.25) is 14.7 Å². The average molecular weight is 568 g/mol. The molecule has 1 fully saturated rings. The number of benzene rings is 1. The van der Waals surface area contributed by atoms with Crippen molar-refractivity contribution in [3.63, 3.8) is 0 Å². The molecule has 0 radical (unpaired) electrons. The minimum absolute atomic E-state index is 0. The van der Waals surface area contributed by atoms with Crippen LogP contribution in [0.3, 0.4) is 0 Å². The van der Waals surface area contributed by atoms with E-state index in [0.717, 1.165) is 50.8 Å². The van der Waals surface area contributed by atoms with E-state index >= 15 is 0 Å². The lowest BCUT2D eigenvalue weighted by Gasteiger charge is -2.35. The number of halogens is 1. The molecule has 3 rings (SSSR count). The number of guanidine groups is 1. The molecular formula is C25H38IN5O2. The summed E-state index contributed by atoms with van der Waals surface area (Å²) >= 11 is 0. The molecule has 182 valence electrons. The topological polar surface area (TPSA) is 70.9 Å². The van der Waals surface area contributed by atoms with Crippen LogP contribution >= 0.6 is 24.0 Å². The molecule has 2 N–H and O–H groups in total. The van der Waals surface area contributed by atoms with Gasteiger partial charge in [0, 0.05) is 51.5 Å². The third kappa shape index (κ3) is 9.10. The summed E-state index contributed by atoms with van der Waals surface area (Å²) in [7, 11) is 1.81. The van der Waals surface area contributed by atoms with E-state index in [1.54, 1.807) is 16.7 Å². The van der Waals surface area contributed by atoms with Gasteiger partial charge in [0.15, 0.2) is 5.96 Å². The van der Waals surface area contributed by atoms with Gasteiger partial charge in [0.05, 0.1) is 19.8 Å². The number of hydrogen-bond acceptors (Lipinski definition) is 4. The zero-order valence-corrected chi connectivity index (χ0v) is 22.3. The molecule has 0 spiro atoms. The van der Waals surface area contributed by atoms with Crippen LogP contribution in [0.15, 0.2) is 58.4 Å². The first-order valence-electron chi connectivity index (χ1n) is 11.5. The lowest BCUT2D eigenvalue weighted by atomic mass is 10.0. The van der Waals surface area contributed by atoms with Crippen molar-refractivity contribution in [2.24, 2.45) is 10.9 Å². The second-order valence-corrected chi connectivity index (χ2v) is 8.72. The SMILES string of the molecule is CN=C(NCc1ccc(Cn2ccccc2=O)cc1)NCC(CC(C)C)N1CCOCC1.I. The summed E-state index contributed by atoms with van der Waals surface area (Å²) in [6, 6.07) is 14.0. The highest BCUT2D eigenvalue weighted by atomic mass is 127. The number of hydrogen-bond donors (Lipinski definition) is 2. The van der Waals surface area contributed by atoms with E-state index in [2.05, 4.69) is 58.6 Å². The molecule has 0 saturated carbocycles. The predicted molar refractivity (Wildman–Crippen MR) is 145 cm³/mol. The molecule has 0 amide bonds. The second kappa shape index (κ2) is 14.4. The normalized spacial score (nSPS) is 15.7. The highest BCUT2D eigenvalue weighted by molar-refractivity contribution is 14.0. The molecular weight excluding hydrogens is 529 g/mol. The van der Waals surface area contributed by atoms with Crippen LogP contribution < -0.4 is 16.2 Å². The van der Waals surface area contributed by atoms with Crippen molar-refractivity contribution >= 4 is 29.9 Å². The van der Waals surface area contributed by atoms with Gasteiger partial charge in [-0.05, 0) is 29.5 Å². The molecule has 1 aromatic heterocycles. The first-order valence-corrected chi connectivity index (χ1v) is 11.5. The van der Waals surface area contributed by atoms with Crippen LogP contribution in [0.1, 0.15) is 31.4 Å². The Morgan fingerprint density at radius 2 is 1.76 bits per heavy atom. The average Bonchev–Trinajstić information content (AvgIpc) is 2.81. The molecule has 1 aliphatic rings. The van der Waals surface area contributed by atoms with Crippen molar-refractivity contribution in [1.29, 1.82) is 0 Å². The molecule has 1 saturated heterocycles. The van der Waals surface area contributed by atoms with E-state index < -0.39 is 0 Å². The lowest BCUT2D eigenvalue weighted by Crippen LogP contribution is -2.50. The molecule has 2 heterocycles. The maximum Gasteiger partial charge on any atom is 0.250 e. The van der Waals surface area contributed by atoms with Crippen LogP contribution in [-0.4, -0.2) is 61.4 Å². The van der Waals surface area contributed by atoms with E-state index in [4.69, 9.17) is 4.74 Å². The molecule has 1 atom stereocenters. The van der Waals surface area contributed by atoms with Gasteiger partial charge in [0.1, 0.15) is 0 Å². The van der Waals surface area contributed by atoms with Crippen molar-refractivity contribution in [2.75, 3.05) is 39.9 Å². The first-order chi connectivity index (χ1) is 15.5. The standard InChI is InChI=1S/C25H37N5O2.HI/c1-20(2)16-23(29-12-14-32-15-13-29)18-28-25(26-3)27-17-21-7-9-22(10-8-21)19-30-11-5-4-6-24(30)31;/h4-11,20,23H,12-19H2,1-3H3,(H2,26,27,28);1H. The van der Waals surface area contributed by atoms with Gasteiger partial charge in [-0.1, -0.05) is 44.2 Å². The number of aliphatic imine (C=N–C) groups is 1. The fourth-order valence-electron chi connectivity index (χ4n) is 4.02. The summed E-state index contributed by atoms with van der Waals surface area (Å²) in [4.78, 5) is 18.8. The number of aromatic nitrogens is 1. The van der Waals surface area contributed by atoms with Crippen LogP contribution in [0, 0.1) is 5.92 Å². The molecule has 0 aliphatic carbocycles. The molecule has 1 unspecified atom stereocenters. The van der Waals surface area contributed by atoms with Crippen molar-refractivity contribution < 1.29 is 4.74 Å². The molecule has 0 bridgehead atoms. The number of morpholine rings is 1. The maximum absolute atomic E-state index is 11.9.